The lowest BCUT2D eigenvalue weighted by molar-refractivity contribution is 0.0597. The average Bonchev–Trinajstić information content (AvgIpc) is 3.04. The zero-order valence-corrected chi connectivity index (χ0v) is 28.7. The van der Waals surface area contributed by atoms with Gasteiger partial charge in [-0.25, -0.2) is 23.0 Å². The number of benzene rings is 4. The van der Waals surface area contributed by atoms with E-state index in [4.69, 9.17) is 14.2 Å². The topological polar surface area (TPSA) is 157 Å². The largest absolute Gasteiger partial charge is 0.496 e. The molecule has 0 atom stereocenters. The van der Waals surface area contributed by atoms with E-state index in [9.17, 15) is 18.0 Å². The second-order valence-corrected chi connectivity index (χ2v) is 13.9. The first-order valence-corrected chi connectivity index (χ1v) is 17.0. The number of carbonyl (C=O) groups is 2. The molecule has 0 saturated heterocycles. The number of carbonyl (C=O) groups excluding carboxylic acids is 2. The van der Waals surface area contributed by atoms with Crippen LogP contribution < -0.4 is 30.1 Å². The molecule has 4 aromatic carbocycles. The van der Waals surface area contributed by atoms with Crippen LogP contribution in [0.15, 0.2) is 91.1 Å². The van der Waals surface area contributed by atoms with Gasteiger partial charge in [0.2, 0.25) is 10.0 Å². The van der Waals surface area contributed by atoms with Gasteiger partial charge in [-0.2, -0.15) is 0 Å². The summed E-state index contributed by atoms with van der Waals surface area (Å²) in [5, 5.41) is 10.4. The molecule has 0 aliphatic rings. The highest BCUT2D eigenvalue weighted by Crippen LogP contribution is 2.36. The van der Waals surface area contributed by atoms with Crippen molar-refractivity contribution < 1.29 is 32.2 Å². The van der Waals surface area contributed by atoms with Crippen molar-refractivity contribution in [2.45, 2.75) is 26.2 Å². The average molecular weight is 684 g/mol. The molecule has 0 spiro atoms. The van der Waals surface area contributed by atoms with Crippen molar-refractivity contribution in [3.8, 4) is 17.2 Å². The maximum absolute atomic E-state index is 13.2. The van der Waals surface area contributed by atoms with Gasteiger partial charge in [-0.3, -0.25) is 4.72 Å². The Bertz CT molecular complexity index is 2150. The van der Waals surface area contributed by atoms with Crippen molar-refractivity contribution in [1.82, 2.24) is 4.98 Å². The first-order chi connectivity index (χ1) is 23.2. The van der Waals surface area contributed by atoms with Crippen LogP contribution in [-0.4, -0.2) is 45.9 Å². The predicted octanol–water partition coefficient (Wildman–Crippen LogP) is 7.88. The zero-order chi connectivity index (χ0) is 35.3. The number of esters is 1. The molecule has 0 aliphatic heterocycles. The summed E-state index contributed by atoms with van der Waals surface area (Å²) in [7, 11) is -0.747. The Morgan fingerprint density at radius 3 is 2.20 bits per heavy atom. The van der Waals surface area contributed by atoms with Crippen LogP contribution in [0.4, 0.5) is 33.4 Å². The van der Waals surface area contributed by atoms with Crippen LogP contribution in [0.2, 0.25) is 0 Å². The molecule has 49 heavy (non-hydrogen) atoms. The van der Waals surface area contributed by atoms with E-state index in [0.29, 0.717) is 51.4 Å². The van der Waals surface area contributed by atoms with Crippen LogP contribution in [0.3, 0.4) is 0 Å². The minimum Gasteiger partial charge on any atom is -0.496 e. The van der Waals surface area contributed by atoms with Crippen LogP contribution in [0.1, 0.15) is 36.7 Å². The van der Waals surface area contributed by atoms with Gasteiger partial charge in [-0.1, -0.05) is 45.0 Å². The molecule has 5 rings (SSSR count). The Morgan fingerprint density at radius 2 is 1.51 bits per heavy atom. The minimum atomic E-state index is -3.52. The number of anilines is 5. The van der Waals surface area contributed by atoms with Gasteiger partial charge in [-0.15, -0.1) is 0 Å². The number of hydrogen-bond acceptors (Lipinski definition) is 9. The molecule has 4 N–H and O–H groups in total. The highest BCUT2D eigenvalue weighted by molar-refractivity contribution is 7.92. The van der Waals surface area contributed by atoms with Crippen molar-refractivity contribution in [2.75, 3.05) is 41.1 Å². The number of nitrogens with one attached hydrogen (secondary N) is 4. The molecule has 1 heterocycles. The van der Waals surface area contributed by atoms with Gasteiger partial charge in [0.25, 0.3) is 0 Å². The van der Waals surface area contributed by atoms with Gasteiger partial charge in [0.05, 0.1) is 31.9 Å². The van der Waals surface area contributed by atoms with Crippen molar-refractivity contribution >= 4 is 61.4 Å². The molecule has 0 fully saturated rings. The molecule has 12 nitrogen and oxygen atoms in total. The Morgan fingerprint density at radius 1 is 0.776 bits per heavy atom. The van der Waals surface area contributed by atoms with Crippen molar-refractivity contribution in [3.63, 3.8) is 0 Å². The highest BCUT2D eigenvalue weighted by Gasteiger charge is 2.18. The molecular formula is C36H37N5O7S. The SMILES string of the molecule is COC(=O)c1ccc(Nc2cc(Oc3ccc(NC(=O)Nc4cc(NS(C)(=O)=O)cc(C(C)(C)C)c4)c4ccccc34)ccn2)cc1OC. The van der Waals surface area contributed by atoms with E-state index >= 15 is 0 Å². The Kier molecular flexibility index (Phi) is 9.94. The second kappa shape index (κ2) is 14.1. The lowest BCUT2D eigenvalue weighted by atomic mass is 9.86. The third kappa shape index (κ3) is 8.76. The Balaban J connectivity index is 1.35. The normalized spacial score (nSPS) is 11.4. The van der Waals surface area contributed by atoms with Crippen LogP contribution >= 0.6 is 0 Å². The smallest absolute Gasteiger partial charge is 0.341 e. The first-order valence-electron chi connectivity index (χ1n) is 15.1. The van der Waals surface area contributed by atoms with E-state index in [0.717, 1.165) is 22.6 Å². The highest BCUT2D eigenvalue weighted by atomic mass is 32.2. The van der Waals surface area contributed by atoms with Crippen molar-refractivity contribution in [1.29, 1.82) is 0 Å². The fourth-order valence-corrected chi connectivity index (χ4v) is 5.57. The number of rotatable bonds is 10. The molecule has 0 unspecified atom stereocenters. The number of fused-ring (bicyclic) bond motifs is 1. The van der Waals surface area contributed by atoms with Gasteiger partial charge in [0, 0.05) is 40.5 Å². The minimum absolute atomic E-state index is 0.300. The summed E-state index contributed by atoms with van der Waals surface area (Å²) < 4.78 is 42.8. The van der Waals surface area contributed by atoms with Crippen molar-refractivity contribution in [3.05, 3.63) is 102 Å². The predicted molar refractivity (Wildman–Crippen MR) is 192 cm³/mol. The molecule has 0 bridgehead atoms. The molecule has 2 amide bonds. The third-order valence-electron chi connectivity index (χ3n) is 7.33. The number of amides is 2. The summed E-state index contributed by atoms with van der Waals surface area (Å²) in [6.45, 7) is 6.00. The fourth-order valence-electron chi connectivity index (χ4n) is 5.03. The number of aromatic nitrogens is 1. The van der Waals surface area contributed by atoms with Gasteiger partial charge in [-0.05, 0) is 59.5 Å². The number of hydrogen-bond donors (Lipinski definition) is 4. The molecule has 5 aromatic rings. The molecule has 0 saturated carbocycles. The summed E-state index contributed by atoms with van der Waals surface area (Å²) in [4.78, 5) is 29.6. The summed E-state index contributed by atoms with van der Waals surface area (Å²) in [5.74, 6) is 1.41. The van der Waals surface area contributed by atoms with Crippen LogP contribution in [0.25, 0.3) is 10.8 Å². The van der Waals surface area contributed by atoms with E-state index in [2.05, 4.69) is 25.7 Å². The second-order valence-electron chi connectivity index (χ2n) is 12.2. The van der Waals surface area contributed by atoms with E-state index < -0.39 is 22.0 Å². The van der Waals surface area contributed by atoms with Gasteiger partial charge >= 0.3 is 12.0 Å². The zero-order valence-electron chi connectivity index (χ0n) is 27.9. The monoisotopic (exact) mass is 683 g/mol. The van der Waals surface area contributed by atoms with Gasteiger partial charge in [0.15, 0.2) is 0 Å². The summed E-state index contributed by atoms with van der Waals surface area (Å²) in [6.07, 6.45) is 2.68. The summed E-state index contributed by atoms with van der Waals surface area (Å²) in [6, 6.07) is 24.1. The molecule has 1 aromatic heterocycles. The quantitative estimate of drug-likeness (QED) is 0.108. The van der Waals surface area contributed by atoms with E-state index in [1.807, 2.05) is 51.1 Å². The molecular weight excluding hydrogens is 646 g/mol. The Labute approximate surface area is 284 Å². The first kappa shape index (κ1) is 34.5. The van der Waals surface area contributed by atoms with Gasteiger partial charge < -0.3 is 30.2 Å². The summed E-state index contributed by atoms with van der Waals surface area (Å²) >= 11 is 0. The van der Waals surface area contributed by atoms with Crippen molar-refractivity contribution in [2.24, 2.45) is 0 Å². The van der Waals surface area contributed by atoms with Gasteiger partial charge in [0.1, 0.15) is 28.6 Å². The number of nitrogens with zero attached hydrogens (tertiary/aromatic N) is 1. The van der Waals surface area contributed by atoms with E-state index in [1.54, 1.807) is 60.8 Å². The third-order valence-corrected chi connectivity index (χ3v) is 7.94. The molecule has 13 heteroatoms. The molecule has 0 aliphatic carbocycles. The number of sulfonamides is 1. The number of pyridine rings is 1. The maximum Gasteiger partial charge on any atom is 0.341 e. The fraction of sp³-hybridized carbons (Fsp3) is 0.194. The van der Waals surface area contributed by atoms with Crippen LogP contribution in [-0.2, 0) is 20.2 Å². The lowest BCUT2D eigenvalue weighted by Crippen LogP contribution is -2.21. The van der Waals surface area contributed by atoms with E-state index in [1.165, 1.54) is 14.2 Å². The number of methoxy groups -OCH3 is 2. The maximum atomic E-state index is 13.2. The van der Waals surface area contributed by atoms with E-state index in [-0.39, 0.29) is 5.41 Å². The van der Waals surface area contributed by atoms with Crippen LogP contribution in [0.5, 0.6) is 17.2 Å². The Hall–Kier alpha value is -5.82. The number of ether oxygens (including phenoxy) is 3. The standard InChI is InChI=1S/C36H37N5O7S/c1-36(2,3)22-17-24(19-25(18-22)41-49(6,44)45)39-35(43)40-30-13-14-31(28-10-8-7-9-27(28)30)48-26-15-16-37-33(21-26)38-23-11-12-29(34(42)47-5)32(20-23)46-4/h7-21,41H,1-6H3,(H,37,38)(H2,39,40,43). The lowest BCUT2D eigenvalue weighted by Gasteiger charge is -2.22. The van der Waals surface area contributed by atoms with Crippen LogP contribution in [0, 0.1) is 0 Å². The number of urea groups is 1. The summed E-state index contributed by atoms with van der Waals surface area (Å²) in [5.41, 5.74) is 2.81. The molecule has 0 radical (unpaired) electrons. The molecule has 254 valence electrons.